The molecule has 0 aliphatic heterocycles. The van der Waals surface area contributed by atoms with Gasteiger partial charge in [-0.1, -0.05) is 13.3 Å². The van der Waals surface area contributed by atoms with E-state index in [-0.39, 0.29) is 5.56 Å². The van der Waals surface area contributed by atoms with E-state index in [9.17, 15) is 4.79 Å². The minimum Gasteiger partial charge on any atom is -0.380 e. The summed E-state index contributed by atoms with van der Waals surface area (Å²) in [6.07, 6.45) is 3.81. The maximum absolute atomic E-state index is 11.9. The molecular weight excluding hydrogens is 310 g/mol. The number of hydrogen-bond acceptors (Lipinski definition) is 4. The van der Waals surface area contributed by atoms with E-state index in [1.807, 2.05) is 6.92 Å². The van der Waals surface area contributed by atoms with Crippen LogP contribution in [0.3, 0.4) is 0 Å². The van der Waals surface area contributed by atoms with Crippen molar-refractivity contribution in [3.05, 3.63) is 26.8 Å². The summed E-state index contributed by atoms with van der Waals surface area (Å²) < 4.78 is 7.60. The molecule has 0 saturated heterocycles. The van der Waals surface area contributed by atoms with Crippen LogP contribution in [0.4, 0.5) is 0 Å². The van der Waals surface area contributed by atoms with Gasteiger partial charge in [0.1, 0.15) is 10.3 Å². The molecular formula is C13H22BrN3O2. The number of unbranched alkanes of at least 4 members (excludes halogenated alkanes) is 1. The van der Waals surface area contributed by atoms with E-state index in [1.54, 1.807) is 10.8 Å². The van der Waals surface area contributed by atoms with Gasteiger partial charge in [-0.15, -0.1) is 0 Å². The zero-order valence-electron chi connectivity index (χ0n) is 11.6. The minimum absolute atomic E-state index is 0.0338. The summed E-state index contributed by atoms with van der Waals surface area (Å²) >= 11 is 3.20. The summed E-state index contributed by atoms with van der Waals surface area (Å²) in [4.78, 5) is 16.0. The van der Waals surface area contributed by atoms with Crippen LogP contribution in [0.5, 0.6) is 0 Å². The molecule has 1 aromatic rings. The normalized spacial score (nSPS) is 10.9. The number of aryl methyl sites for hydroxylation is 1. The predicted octanol–water partition coefficient (Wildman–Crippen LogP) is 1.72. The van der Waals surface area contributed by atoms with Gasteiger partial charge in [-0.25, -0.2) is 4.98 Å². The maximum atomic E-state index is 11.9. The summed E-state index contributed by atoms with van der Waals surface area (Å²) in [5.74, 6) is 0.731. The van der Waals surface area contributed by atoms with Gasteiger partial charge in [0.15, 0.2) is 0 Å². The van der Waals surface area contributed by atoms with E-state index in [0.717, 1.165) is 38.4 Å². The number of hydrogen-bond donors (Lipinski definition) is 1. The van der Waals surface area contributed by atoms with E-state index in [2.05, 4.69) is 33.2 Å². The van der Waals surface area contributed by atoms with E-state index in [4.69, 9.17) is 4.74 Å². The molecule has 0 bridgehead atoms. The number of halogens is 1. The molecule has 0 fully saturated rings. The SMILES string of the molecule is CCCCOCCNCCn1c(C)ncc(Br)c1=O. The fourth-order valence-electron chi connectivity index (χ4n) is 1.62. The largest absolute Gasteiger partial charge is 0.380 e. The molecule has 0 aliphatic carbocycles. The summed E-state index contributed by atoms with van der Waals surface area (Å²) in [5, 5.41) is 3.26. The second kappa shape index (κ2) is 9.23. The zero-order valence-corrected chi connectivity index (χ0v) is 13.2. The molecule has 19 heavy (non-hydrogen) atoms. The average Bonchev–Trinajstić information content (AvgIpc) is 2.40. The Kier molecular flexibility index (Phi) is 7.93. The highest BCUT2D eigenvalue weighted by atomic mass is 79.9. The number of aromatic nitrogens is 2. The first-order valence-electron chi connectivity index (χ1n) is 6.67. The molecule has 1 N–H and O–H groups in total. The summed E-state index contributed by atoms with van der Waals surface area (Å²) in [5.41, 5.74) is -0.0338. The van der Waals surface area contributed by atoms with E-state index < -0.39 is 0 Å². The smallest absolute Gasteiger partial charge is 0.267 e. The van der Waals surface area contributed by atoms with E-state index >= 15 is 0 Å². The molecule has 0 saturated carbocycles. The Balaban J connectivity index is 2.23. The van der Waals surface area contributed by atoms with Crippen molar-refractivity contribution in [1.29, 1.82) is 0 Å². The van der Waals surface area contributed by atoms with Crippen LogP contribution in [0.15, 0.2) is 15.5 Å². The van der Waals surface area contributed by atoms with Gasteiger partial charge >= 0.3 is 0 Å². The number of ether oxygens (including phenoxy) is 1. The zero-order chi connectivity index (χ0) is 14.1. The standard InChI is InChI=1S/C13H22BrN3O2/c1-3-4-8-19-9-6-15-5-7-17-11(2)16-10-12(14)13(17)18/h10,15H,3-9H2,1-2H3. The van der Waals surface area contributed by atoms with E-state index in [0.29, 0.717) is 17.6 Å². The molecule has 0 aromatic carbocycles. The van der Waals surface area contributed by atoms with Crippen LogP contribution in [0.2, 0.25) is 0 Å². The fourth-order valence-corrected chi connectivity index (χ4v) is 1.94. The number of rotatable bonds is 9. The van der Waals surface area contributed by atoms with Crippen molar-refractivity contribution < 1.29 is 4.74 Å². The molecule has 5 nitrogen and oxygen atoms in total. The van der Waals surface area contributed by atoms with Crippen molar-refractivity contribution in [2.24, 2.45) is 0 Å². The first-order valence-corrected chi connectivity index (χ1v) is 7.46. The van der Waals surface area contributed by atoms with E-state index in [1.165, 1.54) is 0 Å². The average molecular weight is 332 g/mol. The molecule has 6 heteroatoms. The van der Waals surface area contributed by atoms with Gasteiger partial charge in [0.05, 0.1) is 6.61 Å². The monoisotopic (exact) mass is 331 g/mol. The highest BCUT2D eigenvalue weighted by molar-refractivity contribution is 9.10. The van der Waals surface area contributed by atoms with Gasteiger partial charge in [0.25, 0.3) is 5.56 Å². The van der Waals surface area contributed by atoms with Gasteiger partial charge in [-0.3, -0.25) is 9.36 Å². The molecule has 0 unspecified atom stereocenters. The molecule has 0 radical (unpaired) electrons. The Morgan fingerprint density at radius 2 is 2.21 bits per heavy atom. The summed E-state index contributed by atoms with van der Waals surface area (Å²) in [7, 11) is 0. The van der Waals surface area contributed by atoms with Crippen LogP contribution in [0.25, 0.3) is 0 Å². The third kappa shape index (κ3) is 5.84. The minimum atomic E-state index is -0.0338. The first-order chi connectivity index (χ1) is 9.16. The third-order valence-corrected chi connectivity index (χ3v) is 3.33. The Morgan fingerprint density at radius 3 is 2.95 bits per heavy atom. The molecule has 108 valence electrons. The first kappa shape index (κ1) is 16.3. The Labute approximate surface area is 122 Å². The van der Waals surface area contributed by atoms with Crippen LogP contribution < -0.4 is 10.9 Å². The molecule has 0 aliphatic rings. The second-order valence-electron chi connectivity index (χ2n) is 4.33. The van der Waals surface area contributed by atoms with Crippen molar-refractivity contribution >= 4 is 15.9 Å². The Bertz CT molecular complexity index is 434. The van der Waals surface area contributed by atoms with Crippen LogP contribution in [-0.2, 0) is 11.3 Å². The highest BCUT2D eigenvalue weighted by Gasteiger charge is 2.04. The number of nitrogens with one attached hydrogen (secondary N) is 1. The Morgan fingerprint density at radius 1 is 1.42 bits per heavy atom. The van der Waals surface area contributed by atoms with Gasteiger partial charge in [0.2, 0.25) is 0 Å². The third-order valence-electron chi connectivity index (χ3n) is 2.78. The van der Waals surface area contributed by atoms with Crippen LogP contribution in [-0.4, -0.2) is 35.9 Å². The van der Waals surface area contributed by atoms with Crippen molar-refractivity contribution in [3.63, 3.8) is 0 Å². The molecule has 1 aromatic heterocycles. The van der Waals surface area contributed by atoms with Crippen molar-refractivity contribution in [2.75, 3.05) is 26.3 Å². The highest BCUT2D eigenvalue weighted by Crippen LogP contribution is 2.00. The molecule has 0 spiro atoms. The lowest BCUT2D eigenvalue weighted by molar-refractivity contribution is 0.133. The summed E-state index contributed by atoms with van der Waals surface area (Å²) in [6.45, 7) is 7.67. The van der Waals surface area contributed by atoms with Crippen molar-refractivity contribution in [2.45, 2.75) is 33.2 Å². The van der Waals surface area contributed by atoms with Crippen molar-refractivity contribution in [1.82, 2.24) is 14.9 Å². The van der Waals surface area contributed by atoms with Gasteiger partial charge in [-0.2, -0.15) is 0 Å². The fraction of sp³-hybridized carbons (Fsp3) is 0.692. The molecule has 1 rings (SSSR count). The van der Waals surface area contributed by atoms with Crippen LogP contribution in [0, 0.1) is 6.92 Å². The maximum Gasteiger partial charge on any atom is 0.267 e. The topological polar surface area (TPSA) is 56.1 Å². The molecule has 0 atom stereocenters. The van der Waals surface area contributed by atoms with Crippen LogP contribution >= 0.6 is 15.9 Å². The lowest BCUT2D eigenvalue weighted by Crippen LogP contribution is -2.31. The molecule has 1 heterocycles. The van der Waals surface area contributed by atoms with Crippen molar-refractivity contribution in [3.8, 4) is 0 Å². The lowest BCUT2D eigenvalue weighted by Gasteiger charge is -2.10. The quantitative estimate of drug-likeness (QED) is 0.700. The molecule has 0 amide bonds. The van der Waals surface area contributed by atoms with Gasteiger partial charge < -0.3 is 10.1 Å². The second-order valence-corrected chi connectivity index (χ2v) is 5.18. The predicted molar refractivity (Wildman–Crippen MR) is 79.5 cm³/mol. The Hall–Kier alpha value is -0.720. The van der Waals surface area contributed by atoms with Gasteiger partial charge in [0, 0.05) is 32.4 Å². The van der Waals surface area contributed by atoms with Crippen LogP contribution in [0.1, 0.15) is 25.6 Å². The lowest BCUT2D eigenvalue weighted by atomic mass is 10.4. The summed E-state index contributed by atoms with van der Waals surface area (Å²) in [6, 6.07) is 0. The number of nitrogens with zero attached hydrogens (tertiary/aromatic N) is 2. The van der Waals surface area contributed by atoms with Gasteiger partial charge in [-0.05, 0) is 29.3 Å².